The van der Waals surface area contributed by atoms with Crippen LogP contribution in [0.2, 0.25) is 0 Å². The van der Waals surface area contributed by atoms with Gasteiger partial charge < -0.3 is 30.3 Å². The van der Waals surface area contributed by atoms with Crippen molar-refractivity contribution in [2.75, 3.05) is 13.2 Å². The van der Waals surface area contributed by atoms with Crippen molar-refractivity contribution in [3.8, 4) is 0 Å². The van der Waals surface area contributed by atoms with E-state index in [1.165, 1.54) is 30.6 Å². The highest BCUT2D eigenvalue weighted by Gasteiger charge is 2.39. The number of carboxylic acid groups (broad SMARTS) is 1. The normalized spacial score (nSPS) is 31.2. The van der Waals surface area contributed by atoms with Crippen LogP contribution in [0, 0.1) is 0 Å². The molecular formula is C21H39N3O4. The van der Waals surface area contributed by atoms with Crippen LogP contribution < -0.4 is 15.3 Å². The second-order valence-corrected chi connectivity index (χ2v) is 8.64. The van der Waals surface area contributed by atoms with Crippen LogP contribution in [0.3, 0.4) is 0 Å². The largest absolute Gasteiger partial charge is 0.550 e. The summed E-state index contributed by atoms with van der Waals surface area (Å²) in [5.74, 6) is -1.18. The molecule has 0 aromatic heterocycles. The van der Waals surface area contributed by atoms with Gasteiger partial charge in [-0.25, -0.2) is 4.99 Å². The van der Waals surface area contributed by atoms with Gasteiger partial charge in [0.15, 0.2) is 6.67 Å². The van der Waals surface area contributed by atoms with E-state index in [-0.39, 0.29) is 18.6 Å². The number of aliphatic hydroxyl groups excluding tert-OH is 2. The van der Waals surface area contributed by atoms with Crippen molar-refractivity contribution in [3.05, 3.63) is 0 Å². The van der Waals surface area contributed by atoms with Crippen molar-refractivity contribution in [1.82, 2.24) is 5.32 Å². The molecule has 0 aromatic rings. The zero-order chi connectivity index (χ0) is 20.4. The van der Waals surface area contributed by atoms with E-state index in [9.17, 15) is 20.1 Å². The van der Waals surface area contributed by atoms with E-state index in [0.29, 0.717) is 18.5 Å². The molecule has 2 aliphatic heterocycles. The van der Waals surface area contributed by atoms with Gasteiger partial charge >= 0.3 is 0 Å². The smallest absolute Gasteiger partial charge is 0.171 e. The fourth-order valence-electron chi connectivity index (χ4n) is 4.55. The molecule has 1 fully saturated rings. The average Bonchev–Trinajstić information content (AvgIpc) is 3.16. The standard InChI is InChI=1S/C21H39N3O4/c1-16-20(26)14-19(24-12-11-22-15-24)18(23-16)10-8-6-4-2-3-5-7-9-17(25)13-21(27)28/h11,16-20,23,25-26H,2-10,12-15H2,1H3,(H,27,28)/t16-,17+,18+,19-,20+/m0/s1. The van der Waals surface area contributed by atoms with Crippen molar-refractivity contribution in [2.45, 2.75) is 108 Å². The summed E-state index contributed by atoms with van der Waals surface area (Å²) in [6.07, 6.45) is 11.2. The first kappa shape index (κ1) is 23.3. The monoisotopic (exact) mass is 397 g/mol. The van der Waals surface area contributed by atoms with Gasteiger partial charge in [0.25, 0.3) is 0 Å². The number of nitrogens with one attached hydrogen (secondary N) is 2. The van der Waals surface area contributed by atoms with E-state index in [0.717, 1.165) is 45.3 Å². The maximum atomic E-state index is 10.4. The molecule has 2 rings (SSSR count). The fraction of sp³-hybridized carbons (Fsp3) is 0.905. The van der Waals surface area contributed by atoms with E-state index in [4.69, 9.17) is 0 Å². The minimum Gasteiger partial charge on any atom is -0.550 e. The SMILES string of the molecule is C[C@@H]1N[C@H](CCCCCCCCC[C@@H](O)CC(=O)[O-])[C@@H]([NH+]2CC=NC2)C[C@H]1O. The Kier molecular flexibility index (Phi) is 10.4. The molecule has 162 valence electrons. The third-order valence-electron chi connectivity index (χ3n) is 6.29. The van der Waals surface area contributed by atoms with Gasteiger partial charge in [0.05, 0.1) is 24.5 Å². The Morgan fingerprint density at radius 2 is 1.93 bits per heavy atom. The summed E-state index contributed by atoms with van der Waals surface area (Å²) in [7, 11) is 0. The molecule has 0 aromatic carbocycles. The lowest BCUT2D eigenvalue weighted by molar-refractivity contribution is -0.914. The molecule has 1 unspecified atom stereocenters. The quantitative estimate of drug-likeness (QED) is 0.311. The van der Waals surface area contributed by atoms with Gasteiger partial charge in [0.1, 0.15) is 12.6 Å². The van der Waals surface area contributed by atoms with Gasteiger partial charge in [0, 0.05) is 24.9 Å². The van der Waals surface area contributed by atoms with Gasteiger partial charge in [-0.05, 0) is 19.8 Å². The van der Waals surface area contributed by atoms with Crippen molar-refractivity contribution in [2.24, 2.45) is 4.99 Å². The molecule has 0 bridgehead atoms. The molecule has 2 aliphatic rings. The predicted molar refractivity (Wildman–Crippen MR) is 107 cm³/mol. The molecule has 0 amide bonds. The number of carbonyl (C=O) groups excluding carboxylic acids is 1. The van der Waals surface area contributed by atoms with Crippen molar-refractivity contribution in [3.63, 3.8) is 0 Å². The first-order valence-electron chi connectivity index (χ1n) is 11.1. The molecule has 7 heteroatoms. The highest BCUT2D eigenvalue weighted by atomic mass is 16.4. The highest BCUT2D eigenvalue weighted by molar-refractivity contribution is 5.64. The number of unbranched alkanes of at least 4 members (excludes halogenated alkanes) is 6. The summed E-state index contributed by atoms with van der Waals surface area (Å²) < 4.78 is 0. The molecule has 0 spiro atoms. The summed E-state index contributed by atoms with van der Waals surface area (Å²) in [6, 6.07) is 1.07. The minimum absolute atomic E-state index is 0.163. The zero-order valence-corrected chi connectivity index (χ0v) is 17.3. The van der Waals surface area contributed by atoms with Gasteiger partial charge in [-0.3, -0.25) is 0 Å². The van der Waals surface area contributed by atoms with E-state index >= 15 is 0 Å². The Bertz CT molecular complexity index is 480. The van der Waals surface area contributed by atoms with Gasteiger partial charge in [-0.2, -0.15) is 0 Å². The van der Waals surface area contributed by atoms with Gasteiger partial charge in [-0.1, -0.05) is 44.9 Å². The summed E-state index contributed by atoms with van der Waals surface area (Å²) in [5.41, 5.74) is 0. The second-order valence-electron chi connectivity index (χ2n) is 8.64. The molecule has 7 nitrogen and oxygen atoms in total. The van der Waals surface area contributed by atoms with Crippen molar-refractivity contribution in [1.29, 1.82) is 0 Å². The van der Waals surface area contributed by atoms with Gasteiger partial charge in [0.2, 0.25) is 0 Å². The Morgan fingerprint density at radius 1 is 1.25 bits per heavy atom. The molecule has 4 N–H and O–H groups in total. The fourth-order valence-corrected chi connectivity index (χ4v) is 4.55. The molecular weight excluding hydrogens is 358 g/mol. The minimum atomic E-state index is -1.18. The third-order valence-corrected chi connectivity index (χ3v) is 6.29. The molecule has 6 atom stereocenters. The maximum Gasteiger partial charge on any atom is 0.171 e. The number of hydrogen-bond donors (Lipinski definition) is 4. The maximum absolute atomic E-state index is 10.4. The van der Waals surface area contributed by atoms with Crippen LogP contribution in [0.25, 0.3) is 0 Å². The number of quaternary nitrogens is 1. The van der Waals surface area contributed by atoms with Crippen LogP contribution in [0.5, 0.6) is 0 Å². The topological polar surface area (TPSA) is 109 Å². The van der Waals surface area contributed by atoms with Crippen LogP contribution in [-0.2, 0) is 4.79 Å². The predicted octanol–water partition coefficient (Wildman–Crippen LogP) is -0.595. The number of hydrogen-bond acceptors (Lipinski definition) is 6. The third kappa shape index (κ3) is 8.15. The number of carbonyl (C=O) groups is 1. The summed E-state index contributed by atoms with van der Waals surface area (Å²) in [5, 5.41) is 33.8. The Morgan fingerprint density at radius 3 is 2.57 bits per heavy atom. The molecule has 1 saturated heterocycles. The number of piperidine rings is 1. The molecule has 2 heterocycles. The second kappa shape index (κ2) is 12.5. The van der Waals surface area contributed by atoms with E-state index in [2.05, 4.69) is 17.2 Å². The number of carboxylic acids is 1. The van der Waals surface area contributed by atoms with Crippen LogP contribution >= 0.6 is 0 Å². The first-order valence-corrected chi connectivity index (χ1v) is 11.1. The Hall–Kier alpha value is -1.02. The lowest BCUT2D eigenvalue weighted by Gasteiger charge is -2.41. The first-order chi connectivity index (χ1) is 13.5. The number of rotatable bonds is 13. The van der Waals surface area contributed by atoms with Gasteiger partial charge in [-0.15, -0.1) is 0 Å². The molecule has 28 heavy (non-hydrogen) atoms. The van der Waals surface area contributed by atoms with Crippen LogP contribution in [-0.4, -0.2) is 65.9 Å². The highest BCUT2D eigenvalue weighted by Crippen LogP contribution is 2.18. The number of nitrogens with zero attached hydrogens (tertiary/aromatic N) is 1. The molecule has 0 saturated carbocycles. The number of aliphatic hydroxyl groups is 2. The Labute approximate surface area is 169 Å². The lowest BCUT2D eigenvalue weighted by Crippen LogP contribution is -3.16. The van der Waals surface area contributed by atoms with Crippen LogP contribution in [0.1, 0.15) is 77.6 Å². The van der Waals surface area contributed by atoms with Crippen LogP contribution in [0.4, 0.5) is 0 Å². The summed E-state index contributed by atoms with van der Waals surface area (Å²) >= 11 is 0. The Balaban J connectivity index is 1.53. The summed E-state index contributed by atoms with van der Waals surface area (Å²) in [6.45, 7) is 3.89. The lowest BCUT2D eigenvalue weighted by atomic mass is 9.87. The average molecular weight is 398 g/mol. The van der Waals surface area contributed by atoms with Crippen LogP contribution in [0.15, 0.2) is 4.99 Å². The molecule has 0 radical (unpaired) electrons. The molecule has 0 aliphatic carbocycles. The summed E-state index contributed by atoms with van der Waals surface area (Å²) in [4.78, 5) is 16.2. The van der Waals surface area contributed by atoms with Crippen molar-refractivity contribution >= 4 is 12.2 Å². The number of aliphatic carboxylic acids is 1. The van der Waals surface area contributed by atoms with E-state index in [1.807, 2.05) is 6.21 Å². The van der Waals surface area contributed by atoms with E-state index in [1.54, 1.807) is 0 Å². The van der Waals surface area contributed by atoms with Crippen molar-refractivity contribution < 1.29 is 25.0 Å². The number of aliphatic imine (C=N–C) groups is 1. The van der Waals surface area contributed by atoms with E-state index < -0.39 is 12.1 Å². The zero-order valence-electron chi connectivity index (χ0n) is 17.3.